The number of hydrogen-bond acceptors (Lipinski definition) is 4. The van der Waals surface area contributed by atoms with Crippen LogP contribution in [0.1, 0.15) is 22.7 Å². The first-order valence-corrected chi connectivity index (χ1v) is 11.9. The van der Waals surface area contributed by atoms with Crippen molar-refractivity contribution in [3.8, 4) is 0 Å². The average Bonchev–Trinajstić information content (AvgIpc) is 3.34. The van der Waals surface area contributed by atoms with Gasteiger partial charge in [-0.3, -0.25) is 14.4 Å². The third-order valence-electron chi connectivity index (χ3n) is 7.13. The highest BCUT2D eigenvalue weighted by Gasteiger charge is 2.64. The largest absolute Gasteiger partial charge is 0.357 e. The van der Waals surface area contributed by atoms with E-state index < -0.39 is 23.9 Å². The third kappa shape index (κ3) is 3.36. The molecule has 3 aromatic carbocycles. The molecule has 3 amide bonds. The molecule has 3 aromatic rings. The topological polar surface area (TPSA) is 69.7 Å². The van der Waals surface area contributed by atoms with Crippen LogP contribution in [0.5, 0.6) is 0 Å². The van der Waals surface area contributed by atoms with Gasteiger partial charge in [0.1, 0.15) is 6.04 Å². The summed E-state index contributed by atoms with van der Waals surface area (Å²) in [5.74, 6) is -2.43. The summed E-state index contributed by atoms with van der Waals surface area (Å²) in [6.45, 7) is 1.95. The Labute approximate surface area is 207 Å². The lowest BCUT2D eigenvalue weighted by Gasteiger charge is -2.35. The van der Waals surface area contributed by atoms with Crippen LogP contribution in [0.15, 0.2) is 79.0 Å². The van der Waals surface area contributed by atoms with Crippen LogP contribution in [0.3, 0.4) is 0 Å². The monoisotopic (exact) mass is 483 g/mol. The molecule has 6 nitrogen and oxygen atoms in total. The van der Waals surface area contributed by atoms with Crippen molar-refractivity contribution in [2.75, 3.05) is 10.2 Å². The Balaban J connectivity index is 1.43. The van der Waals surface area contributed by atoms with E-state index in [1.807, 2.05) is 60.5 Å². The number of imide groups is 1. The highest BCUT2D eigenvalue weighted by Crippen LogP contribution is 2.53. The van der Waals surface area contributed by atoms with Gasteiger partial charge in [-0.05, 0) is 60.5 Å². The van der Waals surface area contributed by atoms with E-state index >= 15 is 0 Å². The summed E-state index contributed by atoms with van der Waals surface area (Å²) in [4.78, 5) is 44.4. The first-order chi connectivity index (χ1) is 16.9. The minimum absolute atomic E-state index is 0.272. The summed E-state index contributed by atoms with van der Waals surface area (Å²) in [5.41, 5.74) is 4.07. The Morgan fingerprint density at radius 3 is 2.31 bits per heavy atom. The Kier molecular flexibility index (Phi) is 5.00. The number of fused-ring (bicyclic) bond motifs is 5. The highest BCUT2D eigenvalue weighted by molar-refractivity contribution is 6.30. The van der Waals surface area contributed by atoms with E-state index in [0.717, 1.165) is 16.7 Å². The smallest absolute Gasteiger partial charge is 0.247 e. The Morgan fingerprint density at radius 1 is 0.886 bits per heavy atom. The fraction of sp³-hybridized carbons (Fsp3) is 0.179. The van der Waals surface area contributed by atoms with Gasteiger partial charge in [0.2, 0.25) is 17.7 Å². The molecule has 0 radical (unpaired) electrons. The van der Waals surface area contributed by atoms with Crippen molar-refractivity contribution in [1.82, 2.24) is 4.90 Å². The number of nitrogens with zero attached hydrogens (tertiary/aromatic N) is 2. The number of halogens is 1. The molecule has 7 heteroatoms. The van der Waals surface area contributed by atoms with Crippen molar-refractivity contribution >= 4 is 46.8 Å². The zero-order valence-electron chi connectivity index (χ0n) is 18.9. The maximum atomic E-state index is 13.8. The second kappa shape index (κ2) is 8.10. The van der Waals surface area contributed by atoms with Gasteiger partial charge in [-0.25, -0.2) is 4.90 Å². The van der Waals surface area contributed by atoms with Crippen LogP contribution < -0.4 is 10.2 Å². The van der Waals surface area contributed by atoms with Crippen molar-refractivity contribution in [2.45, 2.75) is 19.0 Å². The summed E-state index contributed by atoms with van der Waals surface area (Å²) < 4.78 is 0. The Morgan fingerprint density at radius 2 is 1.57 bits per heavy atom. The second-order valence-corrected chi connectivity index (χ2v) is 9.61. The number of aryl methyl sites for hydroxylation is 1. The van der Waals surface area contributed by atoms with Crippen molar-refractivity contribution in [2.24, 2.45) is 11.8 Å². The van der Waals surface area contributed by atoms with E-state index in [4.69, 9.17) is 11.6 Å². The Bertz CT molecular complexity index is 1380. The van der Waals surface area contributed by atoms with E-state index in [9.17, 15) is 14.4 Å². The van der Waals surface area contributed by atoms with Gasteiger partial charge in [0.25, 0.3) is 0 Å². The van der Waals surface area contributed by atoms with Crippen LogP contribution in [0.4, 0.5) is 11.4 Å². The molecule has 35 heavy (non-hydrogen) atoms. The number of benzene rings is 3. The molecule has 2 saturated heterocycles. The van der Waals surface area contributed by atoms with Crippen LogP contribution in [-0.2, 0) is 14.4 Å². The summed E-state index contributed by atoms with van der Waals surface area (Å²) in [6, 6.07) is 20.7. The number of nitrogens with one attached hydrogen (secondary N) is 1. The minimum Gasteiger partial charge on any atom is -0.357 e. The van der Waals surface area contributed by atoms with Gasteiger partial charge in [0.15, 0.2) is 0 Å². The molecule has 0 aliphatic carbocycles. The van der Waals surface area contributed by atoms with Crippen LogP contribution >= 0.6 is 11.6 Å². The predicted molar refractivity (Wildman–Crippen MR) is 135 cm³/mol. The highest BCUT2D eigenvalue weighted by atomic mass is 35.5. The van der Waals surface area contributed by atoms with E-state index in [2.05, 4.69) is 5.32 Å². The summed E-state index contributed by atoms with van der Waals surface area (Å²) in [7, 11) is 0. The van der Waals surface area contributed by atoms with Gasteiger partial charge in [-0.15, -0.1) is 0 Å². The van der Waals surface area contributed by atoms with Gasteiger partial charge in [0.05, 0.1) is 23.6 Å². The van der Waals surface area contributed by atoms with Crippen molar-refractivity contribution in [1.29, 1.82) is 0 Å². The van der Waals surface area contributed by atoms with Gasteiger partial charge in [-0.1, -0.05) is 53.6 Å². The molecule has 174 valence electrons. The molecule has 6 rings (SSSR count). The van der Waals surface area contributed by atoms with Gasteiger partial charge < -0.3 is 10.2 Å². The van der Waals surface area contributed by atoms with Crippen LogP contribution in [0.2, 0.25) is 5.02 Å². The molecule has 0 aromatic heterocycles. The van der Waals surface area contributed by atoms with Gasteiger partial charge >= 0.3 is 0 Å². The zero-order valence-corrected chi connectivity index (χ0v) is 19.6. The number of rotatable bonds is 3. The van der Waals surface area contributed by atoms with Crippen molar-refractivity contribution in [3.63, 3.8) is 0 Å². The first-order valence-electron chi connectivity index (χ1n) is 11.5. The van der Waals surface area contributed by atoms with E-state index in [-0.39, 0.29) is 17.7 Å². The quantitative estimate of drug-likeness (QED) is 0.543. The molecular weight excluding hydrogens is 462 g/mol. The summed E-state index contributed by atoms with van der Waals surface area (Å²) in [6.07, 6.45) is 3.77. The maximum Gasteiger partial charge on any atom is 0.247 e. The first kappa shape index (κ1) is 21.6. The lowest BCUT2D eigenvalue weighted by molar-refractivity contribution is -0.128. The van der Waals surface area contributed by atoms with Crippen LogP contribution in [0, 0.1) is 18.8 Å². The van der Waals surface area contributed by atoms with Gasteiger partial charge in [-0.2, -0.15) is 0 Å². The zero-order chi connectivity index (χ0) is 24.3. The maximum absolute atomic E-state index is 13.8. The molecule has 4 atom stereocenters. The lowest BCUT2D eigenvalue weighted by atomic mass is 9.84. The molecule has 2 fully saturated rings. The molecule has 0 bridgehead atoms. The van der Waals surface area contributed by atoms with E-state index in [1.165, 1.54) is 4.90 Å². The fourth-order valence-electron chi connectivity index (χ4n) is 5.55. The fourth-order valence-corrected chi connectivity index (χ4v) is 5.68. The van der Waals surface area contributed by atoms with Gasteiger partial charge in [0, 0.05) is 16.9 Å². The van der Waals surface area contributed by atoms with E-state index in [1.54, 1.807) is 36.4 Å². The SMILES string of the molecule is Cc1ccc(N2C(=O)[C@@H]3[C@H](C2=O)[C@@H]2c4ccccc4C=CN2[C@@H]3C(=O)Nc2ccc(Cl)cc2)cc1. The Hall–Kier alpha value is -3.90. The minimum atomic E-state index is -0.836. The number of amides is 3. The van der Waals surface area contributed by atoms with E-state index in [0.29, 0.717) is 16.4 Å². The van der Waals surface area contributed by atoms with Crippen LogP contribution in [-0.4, -0.2) is 28.7 Å². The predicted octanol–water partition coefficient (Wildman–Crippen LogP) is 4.80. The standard InChI is InChI=1S/C28H22ClN3O3/c1-16-6-12-20(13-7-16)32-27(34)22-23(28(32)35)25(26(33)30-19-10-8-18(29)9-11-19)31-15-14-17-4-2-3-5-21(17)24(22)31/h2-15,22-25H,1H3,(H,30,33)/t22-,23+,24-,25-/m0/s1. The summed E-state index contributed by atoms with van der Waals surface area (Å²) in [5, 5.41) is 3.48. The number of hydrogen-bond donors (Lipinski definition) is 1. The normalized spacial score (nSPS) is 24.3. The van der Waals surface area contributed by atoms with Crippen molar-refractivity contribution < 1.29 is 14.4 Å². The number of carbonyl (C=O) groups excluding carboxylic acids is 3. The number of carbonyl (C=O) groups is 3. The molecule has 0 unspecified atom stereocenters. The molecule has 0 saturated carbocycles. The van der Waals surface area contributed by atoms with Crippen molar-refractivity contribution in [3.05, 3.63) is 101 Å². The average molecular weight is 484 g/mol. The molecule has 3 heterocycles. The molecule has 3 aliphatic heterocycles. The molecule has 3 aliphatic rings. The summed E-state index contributed by atoms with van der Waals surface area (Å²) >= 11 is 5.99. The molecule has 1 N–H and O–H groups in total. The van der Waals surface area contributed by atoms with Crippen LogP contribution in [0.25, 0.3) is 6.08 Å². The third-order valence-corrected chi connectivity index (χ3v) is 7.39. The molecular formula is C28H22ClN3O3. The lowest BCUT2D eigenvalue weighted by Crippen LogP contribution is -2.46. The molecule has 0 spiro atoms. The number of anilines is 2. The second-order valence-electron chi connectivity index (χ2n) is 9.18.